The molecule has 0 bridgehead atoms. The van der Waals surface area contributed by atoms with Gasteiger partial charge in [-0.2, -0.15) is 0 Å². The third-order valence-corrected chi connectivity index (χ3v) is 3.62. The van der Waals surface area contributed by atoms with Gasteiger partial charge in [0, 0.05) is 22.6 Å². The van der Waals surface area contributed by atoms with Crippen molar-refractivity contribution >= 4 is 23.2 Å². The smallest absolute Gasteiger partial charge is 0.270 e. The molecule has 2 rings (SSSR count). The first-order chi connectivity index (χ1) is 9.58. The van der Waals surface area contributed by atoms with Crippen LogP contribution in [0.3, 0.4) is 0 Å². The van der Waals surface area contributed by atoms with Gasteiger partial charge in [0.2, 0.25) is 0 Å². The van der Waals surface area contributed by atoms with Gasteiger partial charge in [0.05, 0.1) is 10.7 Å². The first kappa shape index (κ1) is 14.2. The summed E-state index contributed by atoms with van der Waals surface area (Å²) in [5.74, 6) is -0.631. The number of nitro groups is 1. The minimum absolute atomic E-state index is 0.0299. The zero-order valence-electron chi connectivity index (χ0n) is 10.3. The van der Waals surface area contributed by atoms with Gasteiger partial charge in [0.1, 0.15) is 5.82 Å². The number of benzene rings is 2. The molecule has 0 aromatic heterocycles. The molecule has 0 spiro atoms. The number of thioether (sulfide) groups is 1. The molecule has 0 fully saturated rings. The van der Waals surface area contributed by atoms with Crippen LogP contribution in [-0.2, 0) is 0 Å². The van der Waals surface area contributed by atoms with Crippen molar-refractivity contribution in [2.45, 2.75) is 4.90 Å². The van der Waals surface area contributed by atoms with Crippen LogP contribution in [0.15, 0.2) is 53.4 Å². The van der Waals surface area contributed by atoms with Crippen molar-refractivity contribution in [1.29, 1.82) is 0 Å². The molecule has 20 heavy (non-hydrogen) atoms. The van der Waals surface area contributed by atoms with Crippen LogP contribution >= 0.6 is 11.8 Å². The van der Waals surface area contributed by atoms with Gasteiger partial charge < -0.3 is 0 Å². The Labute approximate surface area is 118 Å². The lowest BCUT2D eigenvalue weighted by Crippen LogP contribution is -2.03. The van der Waals surface area contributed by atoms with E-state index in [1.165, 1.54) is 30.3 Å². The molecule has 0 radical (unpaired) electrons. The Morgan fingerprint density at radius 1 is 1.20 bits per heavy atom. The van der Waals surface area contributed by atoms with E-state index in [4.69, 9.17) is 0 Å². The van der Waals surface area contributed by atoms with Crippen LogP contribution < -0.4 is 0 Å². The number of halogens is 1. The molecule has 0 saturated carbocycles. The molecule has 0 aliphatic carbocycles. The maximum Gasteiger partial charge on any atom is 0.270 e. The molecule has 6 heteroatoms. The highest BCUT2D eigenvalue weighted by atomic mass is 32.2. The molecule has 0 aliphatic rings. The van der Waals surface area contributed by atoms with Crippen molar-refractivity contribution in [2.24, 2.45) is 0 Å². The van der Waals surface area contributed by atoms with Crippen LogP contribution in [0, 0.1) is 15.9 Å². The lowest BCUT2D eigenvalue weighted by atomic mass is 10.1. The second-order valence-electron chi connectivity index (χ2n) is 3.95. The van der Waals surface area contributed by atoms with E-state index in [0.717, 1.165) is 11.8 Å². The number of carbonyl (C=O) groups is 1. The summed E-state index contributed by atoms with van der Waals surface area (Å²) in [7, 11) is 0. The van der Waals surface area contributed by atoms with Gasteiger partial charge in [-0.05, 0) is 12.1 Å². The minimum Gasteiger partial charge on any atom is -0.293 e. The number of rotatable bonds is 5. The maximum absolute atomic E-state index is 13.4. The summed E-state index contributed by atoms with van der Waals surface area (Å²) >= 11 is 1.07. The van der Waals surface area contributed by atoms with Crippen molar-refractivity contribution in [1.82, 2.24) is 0 Å². The second-order valence-corrected chi connectivity index (χ2v) is 4.97. The minimum atomic E-state index is -0.555. The molecule has 0 atom stereocenters. The van der Waals surface area contributed by atoms with Crippen LogP contribution in [0.4, 0.5) is 10.1 Å². The number of hydrogen-bond acceptors (Lipinski definition) is 4. The average molecular weight is 291 g/mol. The number of nitrogens with zero attached hydrogens (tertiary/aromatic N) is 1. The summed E-state index contributed by atoms with van der Waals surface area (Å²) < 4.78 is 13.4. The largest absolute Gasteiger partial charge is 0.293 e. The van der Waals surface area contributed by atoms with E-state index in [9.17, 15) is 19.3 Å². The lowest BCUT2D eigenvalue weighted by molar-refractivity contribution is -0.384. The molecule has 0 saturated heterocycles. The van der Waals surface area contributed by atoms with Gasteiger partial charge in [-0.15, -0.1) is 11.8 Å². The Bertz CT molecular complexity index is 660. The van der Waals surface area contributed by atoms with E-state index in [-0.39, 0.29) is 28.6 Å². The summed E-state index contributed by atoms with van der Waals surface area (Å²) in [5.41, 5.74) is 0.120. The zero-order valence-corrected chi connectivity index (χ0v) is 11.1. The number of hydrogen-bond donors (Lipinski definition) is 0. The van der Waals surface area contributed by atoms with Crippen molar-refractivity contribution < 1.29 is 14.1 Å². The van der Waals surface area contributed by atoms with Crippen LogP contribution in [0.5, 0.6) is 0 Å². The summed E-state index contributed by atoms with van der Waals surface area (Å²) in [4.78, 5) is 22.4. The highest BCUT2D eigenvalue weighted by molar-refractivity contribution is 8.00. The quantitative estimate of drug-likeness (QED) is 0.364. The highest BCUT2D eigenvalue weighted by Gasteiger charge is 2.12. The SMILES string of the molecule is O=C(CSc1ccccc1F)c1cccc([N+](=O)[O-])c1. The fourth-order valence-electron chi connectivity index (χ4n) is 1.58. The normalized spacial score (nSPS) is 10.2. The van der Waals surface area contributed by atoms with E-state index in [0.29, 0.717) is 4.90 Å². The third kappa shape index (κ3) is 3.42. The fraction of sp³-hybridized carbons (Fsp3) is 0.0714. The van der Waals surface area contributed by atoms with E-state index < -0.39 is 4.92 Å². The zero-order chi connectivity index (χ0) is 14.5. The molecule has 0 aliphatic heterocycles. The molecule has 2 aromatic carbocycles. The van der Waals surface area contributed by atoms with Gasteiger partial charge in [0.15, 0.2) is 5.78 Å². The van der Waals surface area contributed by atoms with Crippen molar-refractivity contribution in [2.75, 3.05) is 5.75 Å². The van der Waals surface area contributed by atoms with E-state index in [2.05, 4.69) is 0 Å². The lowest BCUT2D eigenvalue weighted by Gasteiger charge is -2.03. The van der Waals surface area contributed by atoms with Crippen LogP contribution in [0.1, 0.15) is 10.4 Å². The Morgan fingerprint density at radius 3 is 2.65 bits per heavy atom. The summed E-state index contributed by atoms with van der Waals surface area (Å²) in [6.07, 6.45) is 0. The van der Waals surface area contributed by atoms with Crippen molar-refractivity contribution in [3.05, 3.63) is 70.0 Å². The Balaban J connectivity index is 2.07. The molecule has 0 N–H and O–H groups in total. The molecule has 4 nitrogen and oxygen atoms in total. The maximum atomic E-state index is 13.4. The molecular weight excluding hydrogens is 281 g/mol. The summed E-state index contributed by atoms with van der Waals surface area (Å²) in [6, 6.07) is 11.7. The number of non-ortho nitro benzene ring substituents is 1. The fourth-order valence-corrected chi connectivity index (χ4v) is 2.42. The molecule has 0 amide bonds. The Hall–Kier alpha value is -2.21. The van der Waals surface area contributed by atoms with Gasteiger partial charge in [-0.1, -0.05) is 24.3 Å². The van der Waals surface area contributed by atoms with E-state index in [1.807, 2.05) is 0 Å². The van der Waals surface area contributed by atoms with Crippen LogP contribution in [-0.4, -0.2) is 16.5 Å². The molecular formula is C14H10FNO3S. The molecule has 2 aromatic rings. The van der Waals surface area contributed by atoms with Crippen LogP contribution in [0.2, 0.25) is 0 Å². The average Bonchev–Trinajstić information content (AvgIpc) is 2.46. The number of Topliss-reactive ketones (excluding diaryl/α,β-unsaturated/α-hetero) is 1. The van der Waals surface area contributed by atoms with Gasteiger partial charge in [0.25, 0.3) is 5.69 Å². The summed E-state index contributed by atoms with van der Waals surface area (Å²) in [5, 5.41) is 10.6. The van der Waals surface area contributed by atoms with Gasteiger partial charge >= 0.3 is 0 Å². The monoisotopic (exact) mass is 291 g/mol. The summed E-state index contributed by atoms with van der Waals surface area (Å²) in [6.45, 7) is 0. The van der Waals surface area contributed by atoms with Crippen molar-refractivity contribution in [3.8, 4) is 0 Å². The molecule has 0 heterocycles. The Morgan fingerprint density at radius 2 is 1.95 bits per heavy atom. The predicted molar refractivity (Wildman–Crippen MR) is 74.6 cm³/mol. The third-order valence-electron chi connectivity index (χ3n) is 2.57. The highest BCUT2D eigenvalue weighted by Crippen LogP contribution is 2.23. The van der Waals surface area contributed by atoms with Gasteiger partial charge in [-0.25, -0.2) is 4.39 Å². The molecule has 0 unspecified atom stereocenters. The van der Waals surface area contributed by atoms with Crippen molar-refractivity contribution in [3.63, 3.8) is 0 Å². The number of nitro benzene ring substituents is 1. The number of carbonyl (C=O) groups excluding carboxylic acids is 1. The molecule has 102 valence electrons. The standard InChI is InChI=1S/C14H10FNO3S/c15-12-6-1-2-7-14(12)20-9-13(17)10-4-3-5-11(8-10)16(18)19/h1-8H,9H2. The second kappa shape index (κ2) is 6.29. The van der Waals surface area contributed by atoms with E-state index in [1.54, 1.807) is 18.2 Å². The van der Waals surface area contributed by atoms with Crippen LogP contribution in [0.25, 0.3) is 0 Å². The van der Waals surface area contributed by atoms with Gasteiger partial charge in [-0.3, -0.25) is 14.9 Å². The Kier molecular flexibility index (Phi) is 4.47. The number of ketones is 1. The van der Waals surface area contributed by atoms with E-state index >= 15 is 0 Å². The predicted octanol–water partition coefficient (Wildman–Crippen LogP) is 3.71. The first-order valence-corrected chi connectivity index (χ1v) is 6.71. The topological polar surface area (TPSA) is 60.2 Å². The first-order valence-electron chi connectivity index (χ1n) is 5.73.